The number of sulfone groups is 1. The highest BCUT2D eigenvalue weighted by atomic mass is 32.2. The van der Waals surface area contributed by atoms with Crippen LogP contribution in [0.1, 0.15) is 26.2 Å². The quantitative estimate of drug-likeness (QED) is 0.613. The fourth-order valence-electron chi connectivity index (χ4n) is 0.864. The summed E-state index contributed by atoms with van der Waals surface area (Å²) in [6, 6.07) is 0. The first-order valence-corrected chi connectivity index (χ1v) is 5.79. The molecule has 0 spiro atoms. The number of nitrogens with one attached hydrogen (secondary N) is 1. The molecule has 0 atom stereocenters. The lowest BCUT2D eigenvalue weighted by Gasteiger charge is -2.01. The van der Waals surface area contributed by atoms with E-state index in [1.165, 1.54) is 0 Å². The van der Waals surface area contributed by atoms with Crippen LogP contribution in [0.2, 0.25) is 0 Å². The van der Waals surface area contributed by atoms with Crippen molar-refractivity contribution >= 4 is 9.84 Å². The largest absolute Gasteiger partial charge is 0.307 e. The van der Waals surface area contributed by atoms with Gasteiger partial charge in [-0.3, -0.25) is 0 Å². The third kappa shape index (κ3) is 6.31. The van der Waals surface area contributed by atoms with Gasteiger partial charge in [-0.25, -0.2) is 8.42 Å². The molecule has 0 heterocycles. The van der Waals surface area contributed by atoms with Crippen LogP contribution in [0, 0.1) is 0 Å². The Morgan fingerprint density at radius 3 is 2.36 bits per heavy atom. The predicted molar refractivity (Wildman–Crippen MR) is 47.2 cm³/mol. The SMILES string of the molecule is CCCCCS(=O)(=O)CNC. The van der Waals surface area contributed by atoms with E-state index in [1.54, 1.807) is 7.05 Å². The first-order chi connectivity index (χ1) is 5.12. The van der Waals surface area contributed by atoms with Gasteiger partial charge in [0.15, 0.2) is 9.84 Å². The summed E-state index contributed by atoms with van der Waals surface area (Å²) in [5.41, 5.74) is 0. The van der Waals surface area contributed by atoms with Gasteiger partial charge in [0.05, 0.1) is 11.6 Å². The molecule has 0 saturated heterocycles. The lowest BCUT2D eigenvalue weighted by molar-refractivity contribution is 0.586. The summed E-state index contributed by atoms with van der Waals surface area (Å²) in [5, 5.41) is 2.65. The Bertz CT molecular complexity index is 175. The molecule has 0 aromatic heterocycles. The average Bonchev–Trinajstić information content (AvgIpc) is 1.87. The summed E-state index contributed by atoms with van der Waals surface area (Å²) in [5.74, 6) is 0.429. The highest BCUT2D eigenvalue weighted by Gasteiger charge is 2.07. The van der Waals surface area contributed by atoms with E-state index in [0.29, 0.717) is 5.75 Å². The number of unbranched alkanes of at least 4 members (excludes halogenated alkanes) is 2. The van der Waals surface area contributed by atoms with Gasteiger partial charge >= 0.3 is 0 Å². The molecule has 0 aromatic carbocycles. The van der Waals surface area contributed by atoms with Gasteiger partial charge in [0, 0.05) is 0 Å². The van der Waals surface area contributed by atoms with Crippen LogP contribution in [0.4, 0.5) is 0 Å². The summed E-state index contributed by atoms with van der Waals surface area (Å²) in [6.07, 6.45) is 2.86. The Morgan fingerprint density at radius 1 is 1.27 bits per heavy atom. The van der Waals surface area contributed by atoms with Crippen LogP contribution < -0.4 is 5.32 Å². The van der Waals surface area contributed by atoms with E-state index < -0.39 is 9.84 Å². The predicted octanol–water partition coefficient (Wildman–Crippen LogP) is 0.768. The summed E-state index contributed by atoms with van der Waals surface area (Å²) >= 11 is 0. The summed E-state index contributed by atoms with van der Waals surface area (Å²) in [6.45, 7) is 2.06. The molecule has 0 rings (SSSR count). The first kappa shape index (κ1) is 10.9. The van der Waals surface area contributed by atoms with Crippen LogP contribution in [0.25, 0.3) is 0 Å². The van der Waals surface area contributed by atoms with Crippen molar-refractivity contribution in [2.75, 3.05) is 18.7 Å². The molecular formula is C7H17NO2S. The molecule has 0 fully saturated rings. The van der Waals surface area contributed by atoms with Crippen LogP contribution in [0.3, 0.4) is 0 Å². The Balaban J connectivity index is 3.56. The van der Waals surface area contributed by atoms with Gasteiger partial charge in [-0.2, -0.15) is 0 Å². The van der Waals surface area contributed by atoms with E-state index >= 15 is 0 Å². The van der Waals surface area contributed by atoms with Gasteiger partial charge in [0.25, 0.3) is 0 Å². The second-order valence-corrected chi connectivity index (χ2v) is 4.84. The van der Waals surface area contributed by atoms with Gasteiger partial charge < -0.3 is 5.32 Å². The average molecular weight is 179 g/mol. The van der Waals surface area contributed by atoms with E-state index in [0.717, 1.165) is 19.3 Å². The highest BCUT2D eigenvalue weighted by Crippen LogP contribution is 1.98. The number of hydrogen-bond donors (Lipinski definition) is 1. The first-order valence-electron chi connectivity index (χ1n) is 3.97. The lowest BCUT2D eigenvalue weighted by atomic mass is 10.3. The Kier molecular flexibility index (Phi) is 5.50. The molecule has 4 heteroatoms. The Hall–Kier alpha value is -0.0900. The standard InChI is InChI=1S/C7H17NO2S/c1-3-4-5-6-11(9,10)7-8-2/h8H,3-7H2,1-2H3. The topological polar surface area (TPSA) is 46.2 Å². The van der Waals surface area contributed by atoms with Crippen molar-refractivity contribution in [1.82, 2.24) is 5.32 Å². The number of hydrogen-bond acceptors (Lipinski definition) is 3. The third-order valence-corrected chi connectivity index (χ3v) is 3.06. The summed E-state index contributed by atoms with van der Waals surface area (Å²) < 4.78 is 22.1. The smallest absolute Gasteiger partial charge is 0.163 e. The van der Waals surface area contributed by atoms with Crippen LogP contribution >= 0.6 is 0 Å². The second kappa shape index (κ2) is 5.55. The maximum atomic E-state index is 11.0. The molecule has 0 amide bonds. The minimum Gasteiger partial charge on any atom is -0.307 e. The molecule has 0 bridgehead atoms. The molecule has 11 heavy (non-hydrogen) atoms. The zero-order chi connectivity index (χ0) is 8.74. The second-order valence-electron chi connectivity index (χ2n) is 2.65. The van der Waals surface area contributed by atoms with E-state index in [2.05, 4.69) is 12.2 Å². The van der Waals surface area contributed by atoms with Gasteiger partial charge in [0.1, 0.15) is 0 Å². The Morgan fingerprint density at radius 2 is 1.91 bits per heavy atom. The lowest BCUT2D eigenvalue weighted by Crippen LogP contribution is -2.21. The number of rotatable bonds is 6. The summed E-state index contributed by atoms with van der Waals surface area (Å²) in [7, 11) is -1.16. The zero-order valence-corrected chi connectivity index (χ0v) is 8.08. The zero-order valence-electron chi connectivity index (χ0n) is 7.26. The third-order valence-electron chi connectivity index (χ3n) is 1.42. The molecule has 3 nitrogen and oxygen atoms in total. The van der Waals surface area contributed by atoms with Gasteiger partial charge in [0.2, 0.25) is 0 Å². The molecule has 0 radical (unpaired) electrons. The van der Waals surface area contributed by atoms with Crippen LogP contribution in [0.5, 0.6) is 0 Å². The monoisotopic (exact) mass is 179 g/mol. The van der Waals surface area contributed by atoms with E-state index in [-0.39, 0.29) is 5.88 Å². The fourth-order valence-corrected chi connectivity index (χ4v) is 2.09. The Labute approximate surface area is 69.1 Å². The van der Waals surface area contributed by atoms with Gasteiger partial charge in [-0.1, -0.05) is 19.8 Å². The normalized spacial score (nSPS) is 11.8. The molecular weight excluding hydrogens is 162 g/mol. The summed E-state index contributed by atoms with van der Waals surface area (Å²) in [4.78, 5) is 0. The van der Waals surface area contributed by atoms with Crippen molar-refractivity contribution in [1.29, 1.82) is 0 Å². The highest BCUT2D eigenvalue weighted by molar-refractivity contribution is 7.91. The minimum absolute atomic E-state index is 0.108. The maximum Gasteiger partial charge on any atom is 0.163 e. The van der Waals surface area contributed by atoms with Crippen molar-refractivity contribution in [2.45, 2.75) is 26.2 Å². The van der Waals surface area contributed by atoms with Crippen molar-refractivity contribution in [3.8, 4) is 0 Å². The van der Waals surface area contributed by atoms with E-state index in [4.69, 9.17) is 0 Å². The molecule has 0 aliphatic heterocycles. The van der Waals surface area contributed by atoms with Crippen LogP contribution in [0.15, 0.2) is 0 Å². The fraction of sp³-hybridized carbons (Fsp3) is 1.00. The van der Waals surface area contributed by atoms with E-state index in [1.807, 2.05) is 0 Å². The van der Waals surface area contributed by atoms with Crippen molar-refractivity contribution in [2.24, 2.45) is 0 Å². The van der Waals surface area contributed by atoms with Crippen LogP contribution in [-0.4, -0.2) is 27.1 Å². The van der Waals surface area contributed by atoms with E-state index in [9.17, 15) is 8.42 Å². The maximum absolute atomic E-state index is 11.0. The van der Waals surface area contributed by atoms with Crippen molar-refractivity contribution in [3.63, 3.8) is 0 Å². The molecule has 0 saturated carbocycles. The minimum atomic E-state index is -2.82. The molecule has 1 N–H and O–H groups in total. The molecule has 68 valence electrons. The van der Waals surface area contributed by atoms with Crippen molar-refractivity contribution in [3.05, 3.63) is 0 Å². The molecule has 0 aliphatic carbocycles. The molecule has 0 aromatic rings. The van der Waals surface area contributed by atoms with Gasteiger partial charge in [-0.05, 0) is 13.5 Å². The van der Waals surface area contributed by atoms with Crippen molar-refractivity contribution < 1.29 is 8.42 Å². The molecule has 0 aliphatic rings. The molecule has 0 unspecified atom stereocenters. The van der Waals surface area contributed by atoms with Gasteiger partial charge in [-0.15, -0.1) is 0 Å². The van der Waals surface area contributed by atoms with Crippen LogP contribution in [-0.2, 0) is 9.84 Å².